The van der Waals surface area contributed by atoms with Gasteiger partial charge in [0.2, 0.25) is 0 Å². The van der Waals surface area contributed by atoms with Crippen molar-refractivity contribution in [3.63, 3.8) is 0 Å². The van der Waals surface area contributed by atoms with Crippen molar-refractivity contribution in [3.8, 4) is 5.75 Å². The van der Waals surface area contributed by atoms with Crippen LogP contribution in [-0.2, 0) is 0 Å². The molecule has 3 nitrogen and oxygen atoms in total. The highest BCUT2D eigenvalue weighted by molar-refractivity contribution is 7.21. The molecule has 1 heterocycles. The molecule has 3 rings (SSSR count). The number of thiophene rings is 1. The van der Waals surface area contributed by atoms with E-state index >= 15 is 0 Å². The Kier molecular flexibility index (Phi) is 4.84. The number of carbonyl (C=O) groups excluding carboxylic acids is 1. The van der Waals surface area contributed by atoms with E-state index in [-0.39, 0.29) is 5.91 Å². The van der Waals surface area contributed by atoms with Crippen molar-refractivity contribution in [2.75, 3.05) is 13.2 Å². The molecule has 0 atom stereocenters. The Morgan fingerprint density at radius 3 is 2.65 bits per heavy atom. The molecule has 0 aliphatic rings. The maximum atomic E-state index is 12.3. The zero-order valence-corrected chi connectivity index (χ0v) is 14.2. The molecule has 0 aliphatic heterocycles. The predicted octanol–water partition coefficient (Wildman–Crippen LogP) is 4.67. The van der Waals surface area contributed by atoms with Gasteiger partial charge in [0.25, 0.3) is 5.91 Å². The fraction of sp³-hybridized carbons (Fsp3) is 0.167. The minimum absolute atomic E-state index is 0.163. The van der Waals surface area contributed by atoms with E-state index in [9.17, 15) is 4.79 Å². The maximum absolute atomic E-state index is 12.3. The van der Waals surface area contributed by atoms with Crippen LogP contribution in [0.5, 0.6) is 5.75 Å². The summed E-state index contributed by atoms with van der Waals surface area (Å²) in [4.78, 5) is 12.8. The van der Waals surface area contributed by atoms with Gasteiger partial charge in [0, 0.05) is 10.1 Å². The highest BCUT2D eigenvalue weighted by Crippen LogP contribution is 2.34. The summed E-state index contributed by atoms with van der Waals surface area (Å²) in [5.74, 6) is 0.633. The highest BCUT2D eigenvalue weighted by Gasteiger charge is 2.16. The third-order valence-electron chi connectivity index (χ3n) is 3.42. The van der Waals surface area contributed by atoms with Crippen LogP contribution in [0.2, 0.25) is 5.02 Å². The lowest BCUT2D eigenvalue weighted by atomic mass is 10.2. The smallest absolute Gasteiger partial charge is 0.263 e. The van der Waals surface area contributed by atoms with Gasteiger partial charge < -0.3 is 10.1 Å². The summed E-state index contributed by atoms with van der Waals surface area (Å²) < 4.78 is 6.60. The number of nitrogens with one attached hydrogen (secondary N) is 1. The van der Waals surface area contributed by atoms with Crippen LogP contribution in [0, 0.1) is 6.92 Å². The van der Waals surface area contributed by atoms with Gasteiger partial charge in [-0.1, -0.05) is 47.5 Å². The van der Waals surface area contributed by atoms with Gasteiger partial charge in [0.05, 0.1) is 11.6 Å². The van der Waals surface area contributed by atoms with Crippen LogP contribution in [0.3, 0.4) is 0 Å². The van der Waals surface area contributed by atoms with Crippen molar-refractivity contribution >= 4 is 38.9 Å². The molecule has 0 fully saturated rings. The van der Waals surface area contributed by atoms with E-state index in [1.807, 2.05) is 55.5 Å². The first kappa shape index (κ1) is 15.8. The molecule has 0 aliphatic carbocycles. The molecule has 0 unspecified atom stereocenters. The van der Waals surface area contributed by atoms with Gasteiger partial charge in [-0.15, -0.1) is 11.3 Å². The number of hydrogen-bond donors (Lipinski definition) is 1. The molecule has 1 N–H and O–H groups in total. The van der Waals surface area contributed by atoms with Crippen LogP contribution in [0.25, 0.3) is 10.1 Å². The van der Waals surface area contributed by atoms with Gasteiger partial charge in [-0.25, -0.2) is 0 Å². The highest BCUT2D eigenvalue weighted by atomic mass is 35.5. The number of rotatable bonds is 5. The first-order valence-electron chi connectivity index (χ1n) is 7.30. The monoisotopic (exact) mass is 345 g/mol. The van der Waals surface area contributed by atoms with E-state index in [1.165, 1.54) is 16.9 Å². The second-order valence-electron chi connectivity index (χ2n) is 5.16. The van der Waals surface area contributed by atoms with Gasteiger partial charge in [0.15, 0.2) is 0 Å². The molecule has 1 amide bonds. The molecular formula is C18H16ClNO2S. The van der Waals surface area contributed by atoms with Crippen molar-refractivity contribution in [1.82, 2.24) is 5.32 Å². The average molecular weight is 346 g/mol. The van der Waals surface area contributed by atoms with E-state index in [4.69, 9.17) is 16.3 Å². The molecule has 5 heteroatoms. The summed E-state index contributed by atoms with van der Waals surface area (Å²) in [5.41, 5.74) is 1.19. The molecule has 1 aromatic heterocycles. The zero-order valence-electron chi connectivity index (χ0n) is 12.6. The zero-order chi connectivity index (χ0) is 16.2. The van der Waals surface area contributed by atoms with Gasteiger partial charge in [-0.05, 0) is 25.1 Å². The number of carbonyl (C=O) groups is 1. The lowest BCUT2D eigenvalue weighted by molar-refractivity contribution is 0.0951. The fourth-order valence-corrected chi connectivity index (χ4v) is 3.64. The number of benzene rings is 2. The second kappa shape index (κ2) is 7.02. The summed E-state index contributed by atoms with van der Waals surface area (Å²) in [6.07, 6.45) is 0. The van der Waals surface area contributed by atoms with Crippen LogP contribution in [0.1, 0.15) is 15.2 Å². The Morgan fingerprint density at radius 1 is 1.17 bits per heavy atom. The number of hydrogen-bond acceptors (Lipinski definition) is 3. The first-order valence-corrected chi connectivity index (χ1v) is 8.49. The SMILES string of the molecule is Cc1ccc(OCCNC(=O)c2sc3ccccc3c2Cl)cc1. The van der Waals surface area contributed by atoms with Crippen LogP contribution in [0.15, 0.2) is 48.5 Å². The Labute approximate surface area is 143 Å². The minimum Gasteiger partial charge on any atom is -0.492 e. The third-order valence-corrected chi connectivity index (χ3v) is 5.09. The number of fused-ring (bicyclic) bond motifs is 1. The van der Waals surface area contributed by atoms with Crippen molar-refractivity contribution in [2.45, 2.75) is 6.92 Å². The molecule has 0 radical (unpaired) electrons. The van der Waals surface area contributed by atoms with Crippen molar-refractivity contribution in [3.05, 3.63) is 64.0 Å². The molecule has 118 valence electrons. The molecule has 0 saturated carbocycles. The first-order chi connectivity index (χ1) is 11.1. The number of ether oxygens (including phenoxy) is 1. The molecule has 3 aromatic rings. The van der Waals surface area contributed by atoms with Crippen LogP contribution in [0.4, 0.5) is 0 Å². The summed E-state index contributed by atoms with van der Waals surface area (Å²) in [6, 6.07) is 15.6. The second-order valence-corrected chi connectivity index (χ2v) is 6.59. The Morgan fingerprint density at radius 2 is 1.91 bits per heavy atom. The number of halogens is 1. The topological polar surface area (TPSA) is 38.3 Å². The lowest BCUT2D eigenvalue weighted by Gasteiger charge is -2.07. The number of amides is 1. The lowest BCUT2D eigenvalue weighted by Crippen LogP contribution is -2.27. The van der Waals surface area contributed by atoms with E-state index in [0.29, 0.717) is 23.1 Å². The molecule has 23 heavy (non-hydrogen) atoms. The summed E-state index contributed by atoms with van der Waals surface area (Å²) in [7, 11) is 0. The fourth-order valence-electron chi connectivity index (χ4n) is 2.21. The number of aryl methyl sites for hydroxylation is 1. The van der Waals surface area contributed by atoms with E-state index < -0.39 is 0 Å². The van der Waals surface area contributed by atoms with E-state index in [2.05, 4.69) is 5.32 Å². The molecule has 2 aromatic carbocycles. The van der Waals surface area contributed by atoms with E-state index in [1.54, 1.807) is 0 Å². The van der Waals surface area contributed by atoms with Crippen LogP contribution < -0.4 is 10.1 Å². The third kappa shape index (κ3) is 3.66. The van der Waals surface area contributed by atoms with Gasteiger partial charge in [-0.3, -0.25) is 4.79 Å². The standard InChI is InChI=1S/C18H16ClNO2S/c1-12-6-8-13(9-7-12)22-11-10-20-18(21)17-16(19)14-4-2-3-5-15(14)23-17/h2-9H,10-11H2,1H3,(H,20,21). The van der Waals surface area contributed by atoms with Gasteiger partial charge in [-0.2, -0.15) is 0 Å². The quantitative estimate of drug-likeness (QED) is 0.682. The largest absolute Gasteiger partial charge is 0.492 e. The predicted molar refractivity (Wildman–Crippen MR) is 95.8 cm³/mol. The van der Waals surface area contributed by atoms with Crippen molar-refractivity contribution < 1.29 is 9.53 Å². The van der Waals surface area contributed by atoms with Gasteiger partial charge >= 0.3 is 0 Å². The van der Waals surface area contributed by atoms with Crippen molar-refractivity contribution in [1.29, 1.82) is 0 Å². The Balaban J connectivity index is 1.56. The molecule has 0 saturated heterocycles. The summed E-state index contributed by atoms with van der Waals surface area (Å²) in [6.45, 7) is 2.87. The molecule has 0 spiro atoms. The minimum atomic E-state index is -0.163. The van der Waals surface area contributed by atoms with Gasteiger partial charge in [0.1, 0.15) is 17.2 Å². The maximum Gasteiger partial charge on any atom is 0.263 e. The van der Waals surface area contributed by atoms with Crippen molar-refractivity contribution in [2.24, 2.45) is 0 Å². The summed E-state index contributed by atoms with van der Waals surface area (Å²) in [5, 5.41) is 4.28. The average Bonchev–Trinajstić information content (AvgIpc) is 2.90. The molecular weight excluding hydrogens is 330 g/mol. The Hall–Kier alpha value is -2.04. The summed E-state index contributed by atoms with van der Waals surface area (Å²) >= 11 is 7.70. The van der Waals surface area contributed by atoms with E-state index in [0.717, 1.165) is 15.8 Å². The molecule has 0 bridgehead atoms. The van der Waals surface area contributed by atoms with Crippen LogP contribution in [-0.4, -0.2) is 19.1 Å². The van der Waals surface area contributed by atoms with Crippen LogP contribution >= 0.6 is 22.9 Å². The Bertz CT molecular complexity index is 827. The normalized spacial score (nSPS) is 10.7.